The fourth-order valence-corrected chi connectivity index (χ4v) is 2.47. The van der Waals surface area contributed by atoms with Gasteiger partial charge in [-0.15, -0.1) is 0 Å². The third kappa shape index (κ3) is 3.43. The number of esters is 1. The molecule has 1 aromatic heterocycles. The van der Waals surface area contributed by atoms with Gasteiger partial charge in [-0.05, 0) is 32.0 Å². The van der Waals surface area contributed by atoms with Crippen molar-refractivity contribution in [2.24, 2.45) is 0 Å². The van der Waals surface area contributed by atoms with Crippen LogP contribution >= 0.6 is 23.2 Å². The summed E-state index contributed by atoms with van der Waals surface area (Å²) in [5.74, 6) is -0.451. The molecular formula is C14H13Cl2N3O2. The van der Waals surface area contributed by atoms with E-state index < -0.39 is 5.97 Å². The molecule has 0 bridgehead atoms. The fraction of sp³-hybridized carbons (Fsp3) is 0.214. The van der Waals surface area contributed by atoms with Crippen LogP contribution in [0.5, 0.6) is 0 Å². The summed E-state index contributed by atoms with van der Waals surface area (Å²) in [4.78, 5) is 20.3. The molecule has 0 aliphatic rings. The molecule has 0 aliphatic heterocycles. The minimum atomic E-state index is -0.513. The van der Waals surface area contributed by atoms with Crippen molar-refractivity contribution in [2.75, 3.05) is 12.3 Å². The van der Waals surface area contributed by atoms with Crippen LogP contribution in [-0.4, -0.2) is 22.5 Å². The zero-order valence-electron chi connectivity index (χ0n) is 11.5. The van der Waals surface area contributed by atoms with Crippen LogP contribution < -0.4 is 5.73 Å². The van der Waals surface area contributed by atoms with Gasteiger partial charge in [0.2, 0.25) is 5.95 Å². The van der Waals surface area contributed by atoms with Crippen molar-refractivity contribution in [1.82, 2.24) is 9.97 Å². The minimum Gasteiger partial charge on any atom is -0.462 e. The molecule has 1 aromatic carbocycles. The molecular weight excluding hydrogens is 313 g/mol. The molecule has 0 unspecified atom stereocenters. The Balaban J connectivity index is 2.69. The average molecular weight is 326 g/mol. The number of hydrogen-bond acceptors (Lipinski definition) is 5. The molecule has 0 radical (unpaired) electrons. The lowest BCUT2D eigenvalue weighted by atomic mass is 10.0. The first kappa shape index (κ1) is 15.5. The molecule has 0 saturated heterocycles. The van der Waals surface area contributed by atoms with Gasteiger partial charge >= 0.3 is 5.97 Å². The highest BCUT2D eigenvalue weighted by Crippen LogP contribution is 2.30. The maximum atomic E-state index is 12.1. The molecule has 2 aromatic rings. The van der Waals surface area contributed by atoms with Crippen molar-refractivity contribution in [1.29, 1.82) is 0 Å². The van der Waals surface area contributed by atoms with Crippen molar-refractivity contribution >= 4 is 35.1 Å². The van der Waals surface area contributed by atoms with E-state index in [1.807, 2.05) is 0 Å². The molecule has 0 fully saturated rings. The Morgan fingerprint density at radius 2 is 1.86 bits per heavy atom. The van der Waals surface area contributed by atoms with Gasteiger partial charge in [0.1, 0.15) is 5.56 Å². The van der Waals surface area contributed by atoms with Gasteiger partial charge in [0.25, 0.3) is 0 Å². The van der Waals surface area contributed by atoms with Gasteiger partial charge in [-0.25, -0.2) is 14.8 Å². The number of halogens is 2. The Morgan fingerprint density at radius 1 is 1.24 bits per heavy atom. The molecule has 1 heterocycles. The molecule has 0 amide bonds. The van der Waals surface area contributed by atoms with E-state index in [9.17, 15) is 4.79 Å². The summed E-state index contributed by atoms with van der Waals surface area (Å²) < 4.78 is 5.05. The Hall–Kier alpha value is -1.85. The SMILES string of the molecule is CCOC(=O)c1c(C)nc(N)nc1-c1cc(Cl)cc(Cl)c1. The summed E-state index contributed by atoms with van der Waals surface area (Å²) in [5, 5.41) is 0.865. The van der Waals surface area contributed by atoms with E-state index in [-0.39, 0.29) is 18.1 Å². The summed E-state index contributed by atoms with van der Waals surface area (Å²) in [5.41, 5.74) is 7.29. The van der Waals surface area contributed by atoms with Crippen molar-refractivity contribution in [3.05, 3.63) is 39.5 Å². The predicted molar refractivity (Wildman–Crippen MR) is 82.6 cm³/mol. The highest BCUT2D eigenvalue weighted by atomic mass is 35.5. The monoisotopic (exact) mass is 325 g/mol. The number of nitrogens with two attached hydrogens (primary N) is 1. The van der Waals surface area contributed by atoms with Gasteiger partial charge in [-0.2, -0.15) is 0 Å². The molecule has 2 N–H and O–H groups in total. The third-order valence-corrected chi connectivity index (χ3v) is 3.16. The second-order valence-corrected chi connectivity index (χ2v) is 5.14. The topological polar surface area (TPSA) is 78.1 Å². The molecule has 7 heteroatoms. The Kier molecular flexibility index (Phi) is 4.65. The molecule has 0 atom stereocenters. The molecule has 0 saturated carbocycles. The van der Waals surface area contributed by atoms with Crippen LogP contribution in [0.25, 0.3) is 11.3 Å². The standard InChI is InChI=1S/C14H13Cl2N3O2/c1-3-21-13(20)11-7(2)18-14(17)19-12(11)8-4-9(15)6-10(16)5-8/h4-6H,3H2,1-2H3,(H2,17,18,19). The van der Waals surface area contributed by atoms with Gasteiger partial charge in [0, 0.05) is 15.6 Å². The van der Waals surface area contributed by atoms with Crippen LogP contribution in [0, 0.1) is 6.92 Å². The first-order valence-electron chi connectivity index (χ1n) is 6.20. The maximum Gasteiger partial charge on any atom is 0.342 e. The number of benzene rings is 1. The van der Waals surface area contributed by atoms with E-state index in [1.165, 1.54) is 0 Å². The Bertz CT molecular complexity index is 685. The number of rotatable bonds is 3. The third-order valence-electron chi connectivity index (χ3n) is 2.72. The summed E-state index contributed by atoms with van der Waals surface area (Å²) in [6.07, 6.45) is 0. The van der Waals surface area contributed by atoms with Crippen LogP contribution in [0.2, 0.25) is 10.0 Å². The van der Waals surface area contributed by atoms with Gasteiger partial charge in [-0.1, -0.05) is 23.2 Å². The van der Waals surface area contributed by atoms with Gasteiger partial charge in [0.15, 0.2) is 0 Å². The number of hydrogen-bond donors (Lipinski definition) is 1. The number of carbonyl (C=O) groups is 1. The van der Waals surface area contributed by atoms with E-state index in [0.717, 1.165) is 0 Å². The molecule has 2 rings (SSSR count). The zero-order chi connectivity index (χ0) is 15.6. The van der Waals surface area contributed by atoms with E-state index in [0.29, 0.717) is 27.0 Å². The van der Waals surface area contributed by atoms with E-state index >= 15 is 0 Å². The number of nitrogens with zero attached hydrogens (tertiary/aromatic N) is 2. The van der Waals surface area contributed by atoms with E-state index in [1.54, 1.807) is 32.0 Å². The van der Waals surface area contributed by atoms with Crippen LogP contribution in [-0.2, 0) is 4.74 Å². The van der Waals surface area contributed by atoms with E-state index in [2.05, 4.69) is 9.97 Å². The summed E-state index contributed by atoms with van der Waals surface area (Å²) in [7, 11) is 0. The fourth-order valence-electron chi connectivity index (χ4n) is 1.94. The smallest absolute Gasteiger partial charge is 0.342 e. The number of nitrogen functional groups attached to an aromatic ring is 1. The molecule has 0 spiro atoms. The van der Waals surface area contributed by atoms with Crippen LogP contribution in [0.3, 0.4) is 0 Å². The predicted octanol–water partition coefficient (Wildman–Crippen LogP) is 3.52. The highest BCUT2D eigenvalue weighted by Gasteiger charge is 2.21. The number of anilines is 1. The molecule has 5 nitrogen and oxygen atoms in total. The largest absolute Gasteiger partial charge is 0.462 e. The second kappa shape index (κ2) is 6.28. The first-order valence-corrected chi connectivity index (χ1v) is 6.95. The molecule has 0 aliphatic carbocycles. The Morgan fingerprint density at radius 3 is 2.43 bits per heavy atom. The summed E-state index contributed by atoms with van der Waals surface area (Å²) >= 11 is 12.0. The van der Waals surface area contributed by atoms with Gasteiger partial charge in [-0.3, -0.25) is 0 Å². The summed E-state index contributed by atoms with van der Waals surface area (Å²) in [6, 6.07) is 4.89. The number of aromatic nitrogens is 2. The summed E-state index contributed by atoms with van der Waals surface area (Å²) in [6.45, 7) is 3.64. The molecule has 21 heavy (non-hydrogen) atoms. The lowest BCUT2D eigenvalue weighted by molar-refractivity contribution is 0.0525. The zero-order valence-corrected chi connectivity index (χ0v) is 13.0. The lowest BCUT2D eigenvalue weighted by Crippen LogP contribution is -2.13. The highest BCUT2D eigenvalue weighted by molar-refractivity contribution is 6.35. The number of aryl methyl sites for hydroxylation is 1. The van der Waals surface area contributed by atoms with Crippen molar-refractivity contribution in [3.63, 3.8) is 0 Å². The second-order valence-electron chi connectivity index (χ2n) is 4.27. The van der Waals surface area contributed by atoms with Crippen LogP contribution in [0.1, 0.15) is 23.0 Å². The maximum absolute atomic E-state index is 12.1. The normalized spacial score (nSPS) is 10.5. The number of ether oxygens (including phenoxy) is 1. The van der Waals surface area contributed by atoms with Crippen molar-refractivity contribution < 1.29 is 9.53 Å². The lowest BCUT2D eigenvalue weighted by Gasteiger charge is -2.12. The first-order chi connectivity index (χ1) is 9.92. The molecule has 110 valence electrons. The Labute approximate surface area is 132 Å². The van der Waals surface area contributed by atoms with Crippen LogP contribution in [0.15, 0.2) is 18.2 Å². The van der Waals surface area contributed by atoms with E-state index in [4.69, 9.17) is 33.7 Å². The average Bonchev–Trinajstić information content (AvgIpc) is 2.36. The van der Waals surface area contributed by atoms with Crippen molar-refractivity contribution in [3.8, 4) is 11.3 Å². The van der Waals surface area contributed by atoms with Gasteiger partial charge < -0.3 is 10.5 Å². The minimum absolute atomic E-state index is 0.0617. The van der Waals surface area contributed by atoms with Gasteiger partial charge in [0.05, 0.1) is 18.0 Å². The number of carbonyl (C=O) groups excluding carboxylic acids is 1. The quantitative estimate of drug-likeness (QED) is 0.873. The van der Waals surface area contributed by atoms with Crippen LogP contribution in [0.4, 0.5) is 5.95 Å². The van der Waals surface area contributed by atoms with Crippen molar-refractivity contribution in [2.45, 2.75) is 13.8 Å².